The van der Waals surface area contributed by atoms with Crippen LogP contribution in [0.5, 0.6) is 0 Å². The van der Waals surface area contributed by atoms with Gasteiger partial charge in [-0.15, -0.1) is 13.2 Å². The molecule has 37 heavy (non-hydrogen) atoms. The third-order valence-corrected chi connectivity index (χ3v) is 4.93. The first-order valence-electron chi connectivity index (χ1n) is 11.9. The minimum absolute atomic E-state index is 0.0689. The molecule has 13 nitrogen and oxygen atoms in total. The lowest BCUT2D eigenvalue weighted by Crippen LogP contribution is -2.60. The van der Waals surface area contributed by atoms with Crippen molar-refractivity contribution in [3.63, 3.8) is 0 Å². The predicted octanol–water partition coefficient (Wildman–Crippen LogP) is -1.31. The van der Waals surface area contributed by atoms with Gasteiger partial charge in [0, 0.05) is 0 Å². The quantitative estimate of drug-likeness (QED) is 0.0871. The molecule has 0 aliphatic heterocycles. The van der Waals surface area contributed by atoms with Gasteiger partial charge in [0.2, 0.25) is 23.6 Å². The molecule has 210 valence electrons. The molecule has 0 bridgehead atoms. The summed E-state index contributed by atoms with van der Waals surface area (Å²) in [5, 5.41) is 18.7. The van der Waals surface area contributed by atoms with Crippen LogP contribution in [0.3, 0.4) is 0 Å². The van der Waals surface area contributed by atoms with E-state index < -0.39 is 66.2 Å². The van der Waals surface area contributed by atoms with E-state index >= 15 is 0 Å². The predicted molar refractivity (Wildman–Crippen MR) is 136 cm³/mol. The topological polar surface area (TPSA) is 198 Å². The molecule has 0 aromatic rings. The highest BCUT2D eigenvalue weighted by Gasteiger charge is 2.33. The summed E-state index contributed by atoms with van der Waals surface area (Å²) in [6.07, 6.45) is 2.96. The summed E-state index contributed by atoms with van der Waals surface area (Å²) in [6, 6.07) is -4.32. The number of rotatable bonds is 19. The molecule has 0 aromatic carbocycles. The van der Waals surface area contributed by atoms with Gasteiger partial charge in [-0.2, -0.15) is 0 Å². The van der Waals surface area contributed by atoms with E-state index in [0.717, 1.165) is 0 Å². The average molecular weight is 528 g/mol. The van der Waals surface area contributed by atoms with Crippen molar-refractivity contribution in [2.45, 2.75) is 51.9 Å². The Balaban J connectivity index is 5.45. The normalized spacial score (nSPS) is 14.1. The van der Waals surface area contributed by atoms with E-state index in [9.17, 15) is 24.0 Å². The Hall–Kier alpha value is -3.29. The first kappa shape index (κ1) is 33.7. The number of aliphatic carboxylic acids is 1. The Bertz CT molecular complexity index is 802. The Morgan fingerprint density at radius 1 is 0.784 bits per heavy atom. The van der Waals surface area contributed by atoms with Gasteiger partial charge in [0.15, 0.2) is 0 Å². The maximum Gasteiger partial charge on any atom is 0.322 e. The minimum atomic E-state index is -1.26. The summed E-state index contributed by atoms with van der Waals surface area (Å²) in [6.45, 7) is 13.2. The second-order valence-corrected chi connectivity index (χ2v) is 8.89. The first-order chi connectivity index (χ1) is 17.3. The van der Waals surface area contributed by atoms with Crippen LogP contribution in [0.1, 0.15) is 27.7 Å². The van der Waals surface area contributed by atoms with Crippen molar-refractivity contribution in [1.29, 1.82) is 0 Å². The van der Waals surface area contributed by atoms with E-state index in [2.05, 4.69) is 34.4 Å². The molecule has 0 radical (unpaired) electrons. The van der Waals surface area contributed by atoms with Crippen LogP contribution in [0.25, 0.3) is 0 Å². The van der Waals surface area contributed by atoms with Gasteiger partial charge < -0.3 is 41.6 Å². The molecule has 7 N–H and O–H groups in total. The highest BCUT2D eigenvalue weighted by molar-refractivity contribution is 5.95. The number of nitrogens with two attached hydrogens (primary N) is 1. The Labute approximate surface area is 217 Å². The summed E-state index contributed by atoms with van der Waals surface area (Å²) in [7, 11) is 0. The third kappa shape index (κ3) is 13.6. The van der Waals surface area contributed by atoms with Gasteiger partial charge in [0.25, 0.3) is 0 Å². The number of nitrogens with one attached hydrogen (secondary N) is 4. The molecule has 0 heterocycles. The lowest BCUT2D eigenvalue weighted by atomic mass is 9.99. The molecular weight excluding hydrogens is 486 g/mol. The summed E-state index contributed by atoms with van der Waals surface area (Å²) in [5.41, 5.74) is 5.82. The maximum atomic E-state index is 13.1. The van der Waals surface area contributed by atoms with E-state index in [1.54, 1.807) is 27.7 Å². The summed E-state index contributed by atoms with van der Waals surface area (Å²) < 4.78 is 10.4. The number of carbonyl (C=O) groups is 5. The van der Waals surface area contributed by atoms with E-state index in [4.69, 9.17) is 20.3 Å². The SMILES string of the molecule is C=CCOC[C@H](NC(=O)[C@@H](NC(=O)[C@@H](NC(=O)[C@@H](N)COCC=C)C(C)C)C(C)C)C(=O)NCC(=O)O. The monoisotopic (exact) mass is 527 g/mol. The fourth-order valence-electron chi connectivity index (χ4n) is 2.93. The minimum Gasteiger partial charge on any atom is -0.480 e. The van der Waals surface area contributed by atoms with Crippen molar-refractivity contribution in [2.24, 2.45) is 17.6 Å². The van der Waals surface area contributed by atoms with Crippen molar-refractivity contribution < 1.29 is 38.6 Å². The molecular formula is C24H41N5O8. The van der Waals surface area contributed by atoms with Crippen LogP contribution in [0.4, 0.5) is 0 Å². The molecule has 0 spiro atoms. The molecule has 0 fully saturated rings. The lowest BCUT2D eigenvalue weighted by Gasteiger charge is -2.29. The van der Waals surface area contributed by atoms with E-state index in [1.165, 1.54) is 12.2 Å². The Morgan fingerprint density at radius 2 is 1.24 bits per heavy atom. The van der Waals surface area contributed by atoms with Gasteiger partial charge in [0.05, 0.1) is 26.4 Å². The standard InChI is InChI=1S/C24H41N5O8/c1-7-9-36-12-16(25)21(32)28-20(15(5)6)24(35)29-19(14(3)4)23(34)27-17(13-37-10-8-2)22(33)26-11-18(30)31/h7-8,14-17,19-20H,1-2,9-13,25H2,3-6H3,(H,26,33)(H,27,34)(H,28,32)(H,29,35)(H,30,31)/t16-,17-,19-,20-/m0/s1. The molecule has 0 aliphatic rings. The van der Waals surface area contributed by atoms with Crippen LogP contribution >= 0.6 is 0 Å². The van der Waals surface area contributed by atoms with Gasteiger partial charge >= 0.3 is 5.97 Å². The molecule has 0 saturated carbocycles. The van der Waals surface area contributed by atoms with Gasteiger partial charge in [0.1, 0.15) is 30.7 Å². The van der Waals surface area contributed by atoms with E-state index in [-0.39, 0.29) is 32.3 Å². The highest BCUT2D eigenvalue weighted by Crippen LogP contribution is 2.08. The first-order valence-corrected chi connectivity index (χ1v) is 11.9. The number of carboxylic acids is 1. The van der Waals surface area contributed by atoms with E-state index in [1.807, 2.05) is 0 Å². The van der Waals surface area contributed by atoms with Crippen LogP contribution in [0, 0.1) is 11.8 Å². The van der Waals surface area contributed by atoms with Crippen molar-refractivity contribution in [3.8, 4) is 0 Å². The van der Waals surface area contributed by atoms with Crippen LogP contribution in [-0.4, -0.2) is 91.8 Å². The molecule has 0 rings (SSSR count). The number of carboxylic acid groups (broad SMARTS) is 1. The zero-order chi connectivity index (χ0) is 28.5. The summed E-state index contributed by atoms with van der Waals surface area (Å²) in [5.74, 6) is -4.68. The molecule has 0 aromatic heterocycles. The number of hydrogen-bond acceptors (Lipinski definition) is 8. The second kappa shape index (κ2) is 18.0. The second-order valence-electron chi connectivity index (χ2n) is 8.89. The molecule has 4 amide bonds. The van der Waals surface area contributed by atoms with Crippen LogP contribution in [-0.2, 0) is 33.4 Å². The summed E-state index contributed by atoms with van der Waals surface area (Å²) >= 11 is 0. The Morgan fingerprint density at radius 3 is 1.70 bits per heavy atom. The summed E-state index contributed by atoms with van der Waals surface area (Å²) in [4.78, 5) is 61.8. The molecule has 0 aliphatic carbocycles. The van der Waals surface area contributed by atoms with Crippen molar-refractivity contribution in [2.75, 3.05) is 33.0 Å². The molecule has 0 saturated heterocycles. The van der Waals surface area contributed by atoms with Gasteiger partial charge in [-0.1, -0.05) is 39.8 Å². The molecule has 0 unspecified atom stereocenters. The van der Waals surface area contributed by atoms with Crippen LogP contribution in [0.2, 0.25) is 0 Å². The highest BCUT2D eigenvalue weighted by atomic mass is 16.5. The van der Waals surface area contributed by atoms with Crippen LogP contribution < -0.4 is 27.0 Å². The lowest BCUT2D eigenvalue weighted by molar-refractivity contribution is -0.139. The van der Waals surface area contributed by atoms with Crippen molar-refractivity contribution >= 4 is 29.6 Å². The zero-order valence-electron chi connectivity index (χ0n) is 22.0. The van der Waals surface area contributed by atoms with E-state index in [0.29, 0.717) is 0 Å². The number of hydrogen-bond donors (Lipinski definition) is 6. The third-order valence-electron chi connectivity index (χ3n) is 4.93. The van der Waals surface area contributed by atoms with Crippen molar-refractivity contribution in [3.05, 3.63) is 25.3 Å². The number of carbonyl (C=O) groups excluding carboxylic acids is 4. The fraction of sp³-hybridized carbons (Fsp3) is 0.625. The van der Waals surface area contributed by atoms with Gasteiger partial charge in [-0.3, -0.25) is 24.0 Å². The van der Waals surface area contributed by atoms with Crippen molar-refractivity contribution in [1.82, 2.24) is 21.3 Å². The fourth-order valence-corrected chi connectivity index (χ4v) is 2.93. The van der Waals surface area contributed by atoms with Gasteiger partial charge in [-0.25, -0.2) is 0 Å². The zero-order valence-corrected chi connectivity index (χ0v) is 22.0. The Kier molecular flexibility index (Phi) is 16.4. The molecule has 4 atom stereocenters. The van der Waals surface area contributed by atoms with Gasteiger partial charge in [-0.05, 0) is 11.8 Å². The largest absolute Gasteiger partial charge is 0.480 e. The average Bonchev–Trinajstić information content (AvgIpc) is 2.82. The number of ether oxygens (including phenoxy) is 2. The maximum absolute atomic E-state index is 13.1. The smallest absolute Gasteiger partial charge is 0.322 e. The number of amides is 4. The van der Waals surface area contributed by atoms with Crippen LogP contribution in [0.15, 0.2) is 25.3 Å². The molecule has 13 heteroatoms.